The number of carbonyl (C=O) groups excluding carboxylic acids is 2. The summed E-state index contributed by atoms with van der Waals surface area (Å²) in [5.74, 6) is 0.754. The van der Waals surface area contributed by atoms with Gasteiger partial charge in [0.2, 0.25) is 0 Å². The highest BCUT2D eigenvalue weighted by Gasteiger charge is 2.60. The third-order valence-corrected chi connectivity index (χ3v) is 6.61. The molecule has 2 fully saturated rings. The number of ether oxygens (including phenoxy) is 3. The maximum Gasteiger partial charge on any atom is 0.344 e. The molecule has 0 saturated heterocycles. The van der Waals surface area contributed by atoms with E-state index in [-0.39, 0.29) is 24.0 Å². The second-order valence-electron chi connectivity index (χ2n) is 8.21. The lowest BCUT2D eigenvalue weighted by atomic mass is 9.70. The van der Waals surface area contributed by atoms with Gasteiger partial charge in [0.15, 0.2) is 13.2 Å². The average molecular weight is 388 g/mol. The van der Waals surface area contributed by atoms with E-state index in [4.69, 9.17) is 14.2 Å². The van der Waals surface area contributed by atoms with Gasteiger partial charge in [-0.15, -0.1) is 0 Å². The van der Waals surface area contributed by atoms with Crippen molar-refractivity contribution in [2.75, 3.05) is 20.3 Å². The second kappa shape index (κ2) is 7.81. The van der Waals surface area contributed by atoms with Crippen molar-refractivity contribution in [3.8, 4) is 11.5 Å². The van der Waals surface area contributed by atoms with E-state index in [1.807, 2.05) is 0 Å². The lowest BCUT2D eigenvalue weighted by Gasteiger charge is -2.34. The first-order valence-corrected chi connectivity index (χ1v) is 9.54. The molecule has 2 aliphatic rings. The van der Waals surface area contributed by atoms with Crippen molar-refractivity contribution in [2.45, 2.75) is 40.0 Å². The lowest BCUT2D eigenvalue weighted by Crippen LogP contribution is -2.35. The summed E-state index contributed by atoms with van der Waals surface area (Å²) in [6, 6.07) is 6.83. The van der Waals surface area contributed by atoms with Crippen LogP contribution in [0.15, 0.2) is 29.4 Å². The van der Waals surface area contributed by atoms with Gasteiger partial charge < -0.3 is 14.2 Å². The molecule has 2 atom stereocenters. The molecule has 0 radical (unpaired) electrons. The topological polar surface area (TPSA) is 86.2 Å². The summed E-state index contributed by atoms with van der Waals surface area (Å²) in [5, 5.41) is 4.34. The van der Waals surface area contributed by atoms with Crippen molar-refractivity contribution in [1.29, 1.82) is 0 Å². The van der Waals surface area contributed by atoms with Gasteiger partial charge in [-0.05, 0) is 54.9 Å². The molecule has 152 valence electrons. The number of hydrogen-bond donors (Lipinski definition) is 1. The number of carbonyl (C=O) groups is 2. The predicted molar refractivity (Wildman–Crippen MR) is 104 cm³/mol. The van der Waals surface area contributed by atoms with Gasteiger partial charge in [-0.3, -0.25) is 4.79 Å². The maximum absolute atomic E-state index is 12.0. The fourth-order valence-electron chi connectivity index (χ4n) is 4.26. The molecule has 2 bridgehead atoms. The van der Waals surface area contributed by atoms with Crippen LogP contribution in [0.2, 0.25) is 0 Å². The van der Waals surface area contributed by atoms with E-state index >= 15 is 0 Å². The summed E-state index contributed by atoms with van der Waals surface area (Å²) in [6.07, 6.45) is 3.22. The molecule has 7 nitrogen and oxygen atoms in total. The minimum Gasteiger partial charge on any atom is -0.497 e. The Balaban J connectivity index is 1.41. The van der Waals surface area contributed by atoms with Crippen molar-refractivity contribution in [1.82, 2.24) is 5.43 Å². The summed E-state index contributed by atoms with van der Waals surface area (Å²) < 4.78 is 15.3. The van der Waals surface area contributed by atoms with Crippen molar-refractivity contribution in [3.63, 3.8) is 0 Å². The Labute approximate surface area is 165 Å². The summed E-state index contributed by atoms with van der Waals surface area (Å²) in [4.78, 5) is 23.7. The van der Waals surface area contributed by atoms with Crippen molar-refractivity contribution in [2.24, 2.45) is 21.8 Å². The SMILES string of the molecule is COc1ccc(OCC(=O)OCC(=O)N/N=C2\CC3CCC2(C)C3(C)C)cc1. The molecule has 2 saturated carbocycles. The van der Waals surface area contributed by atoms with Gasteiger partial charge in [-0.2, -0.15) is 5.10 Å². The van der Waals surface area contributed by atoms with Crippen molar-refractivity contribution >= 4 is 17.6 Å². The Bertz CT molecular complexity index is 772. The molecule has 3 rings (SSSR count). The van der Waals surface area contributed by atoms with E-state index in [0.29, 0.717) is 17.4 Å². The highest BCUT2D eigenvalue weighted by Crippen LogP contribution is 2.63. The van der Waals surface area contributed by atoms with E-state index in [2.05, 4.69) is 31.3 Å². The molecule has 0 spiro atoms. The van der Waals surface area contributed by atoms with E-state index in [0.717, 1.165) is 18.6 Å². The predicted octanol–water partition coefficient (Wildman–Crippen LogP) is 2.94. The van der Waals surface area contributed by atoms with Crippen LogP contribution < -0.4 is 14.9 Å². The number of benzene rings is 1. The Kier molecular flexibility index (Phi) is 5.63. The Morgan fingerprint density at radius 2 is 1.82 bits per heavy atom. The van der Waals surface area contributed by atoms with E-state index in [1.54, 1.807) is 31.4 Å². The monoisotopic (exact) mass is 388 g/mol. The van der Waals surface area contributed by atoms with E-state index in [9.17, 15) is 9.59 Å². The number of nitrogens with zero attached hydrogens (tertiary/aromatic N) is 1. The first-order chi connectivity index (χ1) is 13.3. The molecule has 0 aliphatic heterocycles. The summed E-state index contributed by atoms with van der Waals surface area (Å²) in [7, 11) is 1.57. The zero-order valence-corrected chi connectivity index (χ0v) is 16.9. The van der Waals surface area contributed by atoms with Crippen LogP contribution in [0.1, 0.15) is 40.0 Å². The fraction of sp³-hybridized carbons (Fsp3) is 0.571. The van der Waals surface area contributed by atoms with Gasteiger partial charge in [0.25, 0.3) is 5.91 Å². The van der Waals surface area contributed by atoms with Crippen LogP contribution in [0.4, 0.5) is 0 Å². The van der Waals surface area contributed by atoms with Gasteiger partial charge in [0.1, 0.15) is 11.5 Å². The number of hydrogen-bond acceptors (Lipinski definition) is 6. The highest BCUT2D eigenvalue weighted by atomic mass is 16.6. The van der Waals surface area contributed by atoms with Crippen molar-refractivity contribution in [3.05, 3.63) is 24.3 Å². The molecule has 0 aromatic heterocycles. The van der Waals surface area contributed by atoms with Crippen LogP contribution in [0.5, 0.6) is 11.5 Å². The van der Waals surface area contributed by atoms with Crippen molar-refractivity contribution < 1.29 is 23.8 Å². The highest BCUT2D eigenvalue weighted by molar-refractivity contribution is 5.95. The summed E-state index contributed by atoms with van der Waals surface area (Å²) in [5.41, 5.74) is 3.79. The van der Waals surface area contributed by atoms with Crippen LogP contribution >= 0.6 is 0 Å². The quantitative estimate of drug-likeness (QED) is 0.573. The van der Waals surface area contributed by atoms with Gasteiger partial charge in [0, 0.05) is 11.1 Å². The molecule has 1 N–H and O–H groups in total. The molecule has 1 aromatic rings. The summed E-state index contributed by atoms with van der Waals surface area (Å²) in [6.45, 7) is 6.12. The Morgan fingerprint density at radius 1 is 1.14 bits per heavy atom. The fourth-order valence-corrected chi connectivity index (χ4v) is 4.26. The standard InChI is InChI=1S/C21H28N2O5/c1-20(2)14-9-10-21(20,3)17(11-14)22-23-18(24)12-28-19(25)13-27-16-7-5-15(26-4)6-8-16/h5-8,14H,9-13H2,1-4H3,(H,23,24)/b22-17+. The van der Waals surface area contributed by atoms with Gasteiger partial charge in [-0.1, -0.05) is 20.8 Å². The van der Waals surface area contributed by atoms with Crippen LogP contribution in [-0.4, -0.2) is 37.9 Å². The maximum atomic E-state index is 12.0. The number of nitrogens with one attached hydrogen (secondary N) is 1. The normalized spacial score (nSPS) is 26.1. The van der Waals surface area contributed by atoms with E-state index < -0.39 is 11.9 Å². The number of hydrazone groups is 1. The molecule has 28 heavy (non-hydrogen) atoms. The van der Waals surface area contributed by atoms with Gasteiger partial charge in [-0.25, -0.2) is 10.2 Å². The zero-order chi connectivity index (χ0) is 20.4. The molecule has 7 heteroatoms. The molecule has 2 unspecified atom stereocenters. The smallest absolute Gasteiger partial charge is 0.344 e. The Morgan fingerprint density at radius 3 is 2.39 bits per heavy atom. The number of amides is 1. The lowest BCUT2D eigenvalue weighted by molar-refractivity contribution is -0.150. The molecular weight excluding hydrogens is 360 g/mol. The third-order valence-electron chi connectivity index (χ3n) is 6.61. The van der Waals surface area contributed by atoms with Crippen LogP contribution in [0, 0.1) is 16.7 Å². The minimum atomic E-state index is -0.619. The number of esters is 1. The molecule has 0 heterocycles. The first-order valence-electron chi connectivity index (χ1n) is 9.54. The third kappa shape index (κ3) is 3.84. The van der Waals surface area contributed by atoms with Crippen LogP contribution in [0.3, 0.4) is 0 Å². The number of methoxy groups -OCH3 is 1. The molecule has 1 aromatic carbocycles. The van der Waals surface area contributed by atoms with Gasteiger partial charge >= 0.3 is 5.97 Å². The number of fused-ring (bicyclic) bond motifs is 2. The largest absolute Gasteiger partial charge is 0.497 e. The Hall–Kier alpha value is -2.57. The molecular formula is C21H28N2O5. The molecule has 2 aliphatic carbocycles. The van der Waals surface area contributed by atoms with E-state index in [1.165, 1.54) is 6.42 Å². The van der Waals surface area contributed by atoms with Crippen LogP contribution in [-0.2, 0) is 14.3 Å². The molecule has 1 amide bonds. The second-order valence-corrected chi connectivity index (χ2v) is 8.21. The zero-order valence-electron chi connectivity index (χ0n) is 16.9. The minimum absolute atomic E-state index is 0.0217. The van der Waals surface area contributed by atoms with Crippen LogP contribution in [0.25, 0.3) is 0 Å². The van der Waals surface area contributed by atoms with Gasteiger partial charge in [0.05, 0.1) is 7.11 Å². The average Bonchev–Trinajstić information content (AvgIpc) is 3.02. The summed E-state index contributed by atoms with van der Waals surface area (Å²) >= 11 is 0. The number of rotatable bonds is 7. The first kappa shape index (κ1) is 20.2.